The highest BCUT2D eigenvalue weighted by atomic mass is 35.5. The van der Waals surface area contributed by atoms with Crippen molar-refractivity contribution in [2.45, 2.75) is 36.4 Å². The molecule has 0 bridgehead atoms. The summed E-state index contributed by atoms with van der Waals surface area (Å²) in [5.41, 5.74) is -2.26. The molecular formula is C23H27ClFN3O6S2. The Hall–Kier alpha value is -2.54. The SMILES string of the molecule is C[C@H](/C=C\S(C)(=O)=O)NC(=O)C1(F)CCN(S(=O)(=O)c2cn(C)c(=O)cc2-c2ccccc2Cl)CC1. The number of sulfone groups is 1. The Bertz CT molecular complexity index is 1460. The molecule has 9 nitrogen and oxygen atoms in total. The highest BCUT2D eigenvalue weighted by Crippen LogP contribution is 2.35. The molecule has 1 atom stereocenters. The number of nitrogens with zero attached hydrogens (tertiary/aromatic N) is 2. The zero-order chi connectivity index (χ0) is 26.9. The number of hydrogen-bond acceptors (Lipinski definition) is 6. The molecule has 0 unspecified atom stereocenters. The van der Waals surface area contributed by atoms with Crippen LogP contribution in [0.1, 0.15) is 19.8 Å². The number of carbonyl (C=O) groups is 1. The minimum atomic E-state index is -4.18. The van der Waals surface area contributed by atoms with E-state index in [1.165, 1.54) is 32.3 Å². The van der Waals surface area contributed by atoms with Crippen LogP contribution in [0.4, 0.5) is 4.39 Å². The number of nitrogens with one attached hydrogen (secondary N) is 1. The summed E-state index contributed by atoms with van der Waals surface area (Å²) in [5.74, 6) is -0.941. The first-order chi connectivity index (χ1) is 16.6. The molecule has 1 aromatic carbocycles. The number of aromatic nitrogens is 1. The molecular weight excluding hydrogens is 533 g/mol. The number of piperidine rings is 1. The maximum atomic E-state index is 15.4. The van der Waals surface area contributed by atoms with Crippen molar-refractivity contribution >= 4 is 37.4 Å². The first-order valence-electron chi connectivity index (χ1n) is 11.0. The number of rotatable bonds is 7. The summed E-state index contributed by atoms with van der Waals surface area (Å²) < 4.78 is 67.3. The van der Waals surface area contributed by atoms with E-state index < -0.39 is 55.9 Å². The third-order valence-electron chi connectivity index (χ3n) is 5.87. The zero-order valence-corrected chi connectivity index (χ0v) is 22.3. The Morgan fingerprint density at radius 2 is 1.78 bits per heavy atom. The lowest BCUT2D eigenvalue weighted by molar-refractivity contribution is -0.135. The van der Waals surface area contributed by atoms with E-state index in [2.05, 4.69) is 5.32 Å². The first kappa shape index (κ1) is 28.0. The fraction of sp³-hybridized carbons (Fsp3) is 0.391. The number of halogens is 2. The largest absolute Gasteiger partial charge is 0.347 e. The molecule has 1 N–H and O–H groups in total. The van der Waals surface area contributed by atoms with Gasteiger partial charge in [-0.2, -0.15) is 4.31 Å². The fourth-order valence-electron chi connectivity index (χ4n) is 3.79. The average Bonchev–Trinajstić information content (AvgIpc) is 2.79. The van der Waals surface area contributed by atoms with Crippen molar-refractivity contribution < 1.29 is 26.0 Å². The predicted octanol–water partition coefficient (Wildman–Crippen LogP) is 2.26. The van der Waals surface area contributed by atoms with Gasteiger partial charge in [0.25, 0.3) is 11.5 Å². The number of hydrogen-bond donors (Lipinski definition) is 1. The van der Waals surface area contributed by atoms with E-state index in [1.807, 2.05) is 0 Å². The maximum Gasteiger partial charge on any atom is 0.258 e. The smallest absolute Gasteiger partial charge is 0.258 e. The van der Waals surface area contributed by atoms with Crippen LogP contribution in [0, 0.1) is 0 Å². The summed E-state index contributed by atoms with van der Waals surface area (Å²) in [7, 11) is -6.17. The Morgan fingerprint density at radius 1 is 1.17 bits per heavy atom. The maximum absolute atomic E-state index is 15.4. The highest BCUT2D eigenvalue weighted by molar-refractivity contribution is 7.93. The lowest BCUT2D eigenvalue weighted by Crippen LogP contribution is -2.53. The van der Waals surface area contributed by atoms with Gasteiger partial charge < -0.3 is 9.88 Å². The second-order valence-electron chi connectivity index (χ2n) is 8.77. The zero-order valence-electron chi connectivity index (χ0n) is 19.9. The van der Waals surface area contributed by atoms with Gasteiger partial charge in [0.2, 0.25) is 10.0 Å². The molecule has 0 aliphatic carbocycles. The molecule has 196 valence electrons. The van der Waals surface area contributed by atoms with Gasteiger partial charge in [0.05, 0.1) is 0 Å². The van der Waals surface area contributed by atoms with Crippen LogP contribution in [0.5, 0.6) is 0 Å². The van der Waals surface area contributed by atoms with E-state index in [1.54, 1.807) is 24.3 Å². The van der Waals surface area contributed by atoms with Crippen LogP contribution in [-0.2, 0) is 31.7 Å². The van der Waals surface area contributed by atoms with Gasteiger partial charge in [0.1, 0.15) is 4.90 Å². The van der Waals surface area contributed by atoms with E-state index in [0.29, 0.717) is 5.56 Å². The van der Waals surface area contributed by atoms with E-state index in [0.717, 1.165) is 20.5 Å². The Labute approximate surface area is 214 Å². The average molecular weight is 560 g/mol. The van der Waals surface area contributed by atoms with E-state index >= 15 is 4.39 Å². The molecule has 2 heterocycles. The van der Waals surface area contributed by atoms with Gasteiger partial charge >= 0.3 is 0 Å². The Morgan fingerprint density at radius 3 is 2.36 bits per heavy atom. The second kappa shape index (κ2) is 10.4. The minimum absolute atomic E-state index is 0.130. The van der Waals surface area contributed by atoms with Gasteiger partial charge in [-0.15, -0.1) is 0 Å². The van der Waals surface area contributed by atoms with Crippen LogP contribution in [0.3, 0.4) is 0 Å². The van der Waals surface area contributed by atoms with Crippen LogP contribution < -0.4 is 10.9 Å². The predicted molar refractivity (Wildman–Crippen MR) is 136 cm³/mol. The number of aryl methyl sites for hydroxylation is 1. The van der Waals surface area contributed by atoms with E-state index in [9.17, 15) is 26.4 Å². The monoisotopic (exact) mass is 559 g/mol. The van der Waals surface area contributed by atoms with Crippen molar-refractivity contribution in [1.29, 1.82) is 0 Å². The molecule has 1 aliphatic rings. The molecule has 1 saturated heterocycles. The van der Waals surface area contributed by atoms with Crippen molar-refractivity contribution in [3.8, 4) is 11.1 Å². The number of carbonyl (C=O) groups excluding carboxylic acids is 1. The van der Waals surface area contributed by atoms with Crippen molar-refractivity contribution in [3.05, 3.63) is 63.4 Å². The topological polar surface area (TPSA) is 123 Å². The highest BCUT2D eigenvalue weighted by Gasteiger charge is 2.45. The van der Waals surface area contributed by atoms with E-state index in [4.69, 9.17) is 11.6 Å². The van der Waals surface area contributed by atoms with Crippen molar-refractivity contribution in [1.82, 2.24) is 14.2 Å². The van der Waals surface area contributed by atoms with Crippen molar-refractivity contribution in [2.75, 3.05) is 19.3 Å². The van der Waals surface area contributed by atoms with Gasteiger partial charge in [0, 0.05) is 79.1 Å². The van der Waals surface area contributed by atoms with Gasteiger partial charge in [-0.1, -0.05) is 35.9 Å². The normalized spacial score (nSPS) is 17.7. The molecule has 2 aromatic rings. The summed E-state index contributed by atoms with van der Waals surface area (Å²) in [5, 5.41) is 3.59. The quantitative estimate of drug-likeness (QED) is 0.555. The standard InChI is InChI=1S/C23H27ClFN3O6S2/c1-16(8-13-35(3,31)32)26-22(30)23(25)9-11-28(12-10-23)36(33,34)20-15-27(2)21(29)14-18(20)17-6-4-5-7-19(17)24/h4-8,13-16H,9-12H2,1-3H3,(H,26,30)/b13-8-/t16-/m1/s1. The number of alkyl halides is 1. The molecule has 0 radical (unpaired) electrons. The first-order valence-corrected chi connectivity index (χ1v) is 14.8. The molecule has 36 heavy (non-hydrogen) atoms. The summed E-state index contributed by atoms with van der Waals surface area (Å²) >= 11 is 6.27. The number of sulfonamides is 1. The van der Waals surface area contributed by atoms with Crippen molar-refractivity contribution in [2.24, 2.45) is 7.05 Å². The lowest BCUT2D eigenvalue weighted by atomic mass is 9.93. The van der Waals surface area contributed by atoms with Gasteiger partial charge in [-0.25, -0.2) is 21.2 Å². The Balaban J connectivity index is 1.84. The minimum Gasteiger partial charge on any atom is -0.347 e. The van der Waals surface area contributed by atoms with Crippen LogP contribution in [-0.4, -0.2) is 62.7 Å². The molecule has 13 heteroatoms. The third-order valence-corrected chi connectivity index (χ3v) is 8.78. The molecule has 1 aliphatic heterocycles. The van der Waals surface area contributed by atoms with E-state index in [-0.39, 0.29) is 28.6 Å². The van der Waals surface area contributed by atoms with Crippen LogP contribution in [0.25, 0.3) is 11.1 Å². The summed E-state index contributed by atoms with van der Waals surface area (Å²) in [6.07, 6.45) is 2.64. The lowest BCUT2D eigenvalue weighted by Gasteiger charge is -2.35. The number of benzene rings is 1. The van der Waals surface area contributed by atoms with Crippen LogP contribution >= 0.6 is 11.6 Å². The van der Waals surface area contributed by atoms with Gasteiger partial charge in [-0.05, 0) is 13.0 Å². The molecule has 0 saturated carbocycles. The molecule has 1 fully saturated rings. The van der Waals surface area contributed by atoms with Crippen molar-refractivity contribution in [3.63, 3.8) is 0 Å². The molecule has 3 rings (SSSR count). The summed E-state index contributed by atoms with van der Waals surface area (Å²) in [4.78, 5) is 24.7. The number of amides is 1. The molecule has 0 spiro atoms. The van der Waals surface area contributed by atoms with Gasteiger partial charge in [0.15, 0.2) is 15.5 Å². The second-order valence-corrected chi connectivity index (χ2v) is 13.0. The molecule has 1 amide bonds. The Kier molecular flexibility index (Phi) is 8.13. The fourth-order valence-corrected chi connectivity index (χ4v) is 6.23. The molecule has 1 aromatic heterocycles. The third kappa shape index (κ3) is 6.23. The van der Waals surface area contributed by atoms with Crippen LogP contribution in [0.2, 0.25) is 5.02 Å². The van der Waals surface area contributed by atoms with Gasteiger partial charge in [-0.3, -0.25) is 9.59 Å². The van der Waals surface area contributed by atoms with Crippen LogP contribution in [0.15, 0.2) is 57.7 Å². The summed E-state index contributed by atoms with van der Waals surface area (Å²) in [6, 6.07) is 6.96. The number of pyridine rings is 1. The summed E-state index contributed by atoms with van der Waals surface area (Å²) in [6.45, 7) is 0.952.